The summed E-state index contributed by atoms with van der Waals surface area (Å²) in [6.07, 6.45) is 1.91. The molecule has 1 aromatic rings. The number of hydrogen-bond acceptors (Lipinski definition) is 4. The molecule has 0 saturated heterocycles. The number of carbonyl (C=O) groups excluding carboxylic acids is 2. The van der Waals surface area contributed by atoms with E-state index in [-0.39, 0.29) is 11.4 Å². The van der Waals surface area contributed by atoms with E-state index in [1.165, 1.54) is 0 Å². The molecule has 0 radical (unpaired) electrons. The number of carbonyl (C=O) groups is 2. The average molecular weight is 303 g/mol. The Hall–Kier alpha value is -1.13. The van der Waals surface area contributed by atoms with Gasteiger partial charge >= 0.3 is 0 Å². The predicted octanol–water partition coefficient (Wildman–Crippen LogP) is 3.47. The van der Waals surface area contributed by atoms with Gasteiger partial charge in [-0.1, -0.05) is 13.8 Å². The van der Waals surface area contributed by atoms with Gasteiger partial charge < -0.3 is 4.90 Å². The van der Waals surface area contributed by atoms with Crippen molar-refractivity contribution in [3.05, 3.63) is 23.5 Å². The molecule has 4 nitrogen and oxygen atoms in total. The Kier molecular flexibility index (Phi) is 6.25. The fourth-order valence-electron chi connectivity index (χ4n) is 1.81. The SMILES string of the molecule is CCCN(CCC)c1cc(C(=O)Cl)nc(C(=O)Cl)c1. The molecule has 6 heteroatoms. The molecule has 0 bridgehead atoms. The second-order valence-electron chi connectivity index (χ2n) is 4.13. The second kappa shape index (κ2) is 7.46. The smallest absolute Gasteiger partial charge is 0.270 e. The summed E-state index contributed by atoms with van der Waals surface area (Å²) in [7, 11) is 0. The Balaban J connectivity index is 3.23. The third-order valence-corrected chi connectivity index (χ3v) is 2.95. The van der Waals surface area contributed by atoms with Crippen LogP contribution in [0.3, 0.4) is 0 Å². The second-order valence-corrected chi connectivity index (χ2v) is 4.82. The first-order valence-electron chi connectivity index (χ1n) is 6.16. The highest BCUT2D eigenvalue weighted by Crippen LogP contribution is 2.20. The van der Waals surface area contributed by atoms with Gasteiger partial charge in [0.1, 0.15) is 11.4 Å². The predicted molar refractivity (Wildman–Crippen MR) is 77.4 cm³/mol. The molecular weight excluding hydrogens is 287 g/mol. The van der Waals surface area contributed by atoms with Crippen LogP contribution in [0.25, 0.3) is 0 Å². The van der Waals surface area contributed by atoms with Crippen molar-refractivity contribution in [2.75, 3.05) is 18.0 Å². The lowest BCUT2D eigenvalue weighted by atomic mass is 10.2. The van der Waals surface area contributed by atoms with Crippen molar-refractivity contribution in [3.63, 3.8) is 0 Å². The van der Waals surface area contributed by atoms with Crippen LogP contribution in [0.5, 0.6) is 0 Å². The Labute approximate surface area is 122 Å². The number of nitrogens with zero attached hydrogens (tertiary/aromatic N) is 2. The van der Waals surface area contributed by atoms with E-state index in [0.717, 1.165) is 31.6 Å². The van der Waals surface area contributed by atoms with E-state index in [2.05, 4.69) is 23.7 Å². The maximum atomic E-state index is 11.2. The van der Waals surface area contributed by atoms with E-state index >= 15 is 0 Å². The molecule has 0 aromatic carbocycles. The van der Waals surface area contributed by atoms with Gasteiger partial charge in [-0.25, -0.2) is 4.98 Å². The molecule has 0 saturated carbocycles. The largest absolute Gasteiger partial charge is 0.371 e. The zero-order valence-electron chi connectivity index (χ0n) is 10.9. The van der Waals surface area contributed by atoms with E-state index in [9.17, 15) is 9.59 Å². The van der Waals surface area contributed by atoms with Gasteiger partial charge in [0.2, 0.25) is 0 Å². The lowest BCUT2D eigenvalue weighted by Gasteiger charge is -2.24. The summed E-state index contributed by atoms with van der Waals surface area (Å²) < 4.78 is 0. The summed E-state index contributed by atoms with van der Waals surface area (Å²) in [6, 6.07) is 3.17. The number of anilines is 1. The lowest BCUT2D eigenvalue weighted by Crippen LogP contribution is -2.25. The molecule has 0 N–H and O–H groups in total. The maximum Gasteiger partial charge on any atom is 0.270 e. The fraction of sp³-hybridized carbons (Fsp3) is 0.462. The van der Waals surface area contributed by atoms with Crippen molar-refractivity contribution in [1.82, 2.24) is 4.98 Å². The van der Waals surface area contributed by atoms with Crippen LogP contribution >= 0.6 is 23.2 Å². The standard InChI is InChI=1S/C13H16Cl2N2O2/c1-3-5-17(6-4-2)9-7-10(12(14)18)16-11(8-9)13(15)19/h7-8H,3-6H2,1-2H3. The van der Waals surface area contributed by atoms with E-state index in [1.54, 1.807) is 12.1 Å². The molecule has 0 amide bonds. The van der Waals surface area contributed by atoms with E-state index in [0.29, 0.717) is 0 Å². The number of pyridine rings is 1. The Morgan fingerprint density at radius 3 is 1.79 bits per heavy atom. The fourth-order valence-corrected chi connectivity index (χ4v) is 2.00. The Morgan fingerprint density at radius 1 is 1.05 bits per heavy atom. The van der Waals surface area contributed by atoms with Gasteiger partial charge in [0.05, 0.1) is 0 Å². The van der Waals surface area contributed by atoms with Gasteiger partial charge in [0, 0.05) is 18.8 Å². The van der Waals surface area contributed by atoms with Crippen molar-refractivity contribution in [3.8, 4) is 0 Å². The van der Waals surface area contributed by atoms with E-state index in [1.807, 2.05) is 0 Å². The molecule has 0 atom stereocenters. The number of rotatable bonds is 7. The lowest BCUT2D eigenvalue weighted by molar-refractivity contribution is 0.107. The molecule has 0 aliphatic rings. The average Bonchev–Trinajstić information content (AvgIpc) is 2.37. The van der Waals surface area contributed by atoms with E-state index in [4.69, 9.17) is 23.2 Å². The van der Waals surface area contributed by atoms with Crippen LogP contribution in [0.1, 0.15) is 47.7 Å². The molecule has 1 aromatic heterocycles. The summed E-state index contributed by atoms with van der Waals surface area (Å²) in [4.78, 5) is 28.4. The normalized spacial score (nSPS) is 10.3. The van der Waals surface area contributed by atoms with Crippen LogP contribution in [0.15, 0.2) is 12.1 Å². The van der Waals surface area contributed by atoms with Crippen molar-refractivity contribution in [2.45, 2.75) is 26.7 Å². The van der Waals surface area contributed by atoms with Crippen LogP contribution in [-0.2, 0) is 0 Å². The highest BCUT2D eigenvalue weighted by molar-refractivity contribution is 6.68. The van der Waals surface area contributed by atoms with Crippen molar-refractivity contribution in [1.29, 1.82) is 0 Å². The molecule has 0 aliphatic carbocycles. The van der Waals surface area contributed by atoms with Gasteiger partial charge in [-0.05, 0) is 48.2 Å². The third-order valence-electron chi connectivity index (χ3n) is 2.57. The van der Waals surface area contributed by atoms with Crippen LogP contribution in [-0.4, -0.2) is 28.6 Å². The molecule has 1 heterocycles. The van der Waals surface area contributed by atoms with Crippen LogP contribution < -0.4 is 4.90 Å². The number of aromatic nitrogens is 1. The summed E-state index contributed by atoms with van der Waals surface area (Å²) in [5.74, 6) is 0. The molecule has 0 fully saturated rings. The van der Waals surface area contributed by atoms with Gasteiger partial charge in [-0.3, -0.25) is 9.59 Å². The van der Waals surface area contributed by atoms with Gasteiger partial charge in [-0.2, -0.15) is 0 Å². The minimum atomic E-state index is -0.700. The highest BCUT2D eigenvalue weighted by Gasteiger charge is 2.15. The van der Waals surface area contributed by atoms with E-state index < -0.39 is 10.5 Å². The van der Waals surface area contributed by atoms with Crippen molar-refractivity contribution >= 4 is 39.4 Å². The maximum absolute atomic E-state index is 11.2. The molecule has 0 unspecified atom stereocenters. The quantitative estimate of drug-likeness (QED) is 0.724. The van der Waals surface area contributed by atoms with Crippen LogP contribution in [0, 0.1) is 0 Å². The topological polar surface area (TPSA) is 50.3 Å². The van der Waals surface area contributed by atoms with Crippen LogP contribution in [0.2, 0.25) is 0 Å². The molecular formula is C13H16Cl2N2O2. The van der Waals surface area contributed by atoms with Gasteiger partial charge in [-0.15, -0.1) is 0 Å². The monoisotopic (exact) mass is 302 g/mol. The molecule has 0 spiro atoms. The summed E-state index contributed by atoms with van der Waals surface area (Å²) >= 11 is 10.9. The summed E-state index contributed by atoms with van der Waals surface area (Å²) in [5, 5.41) is -1.40. The minimum absolute atomic E-state index is 0.0420. The number of halogens is 2. The molecule has 19 heavy (non-hydrogen) atoms. The molecule has 1 rings (SSSR count). The summed E-state index contributed by atoms with van der Waals surface area (Å²) in [5.41, 5.74) is 0.826. The first kappa shape index (κ1) is 15.9. The van der Waals surface area contributed by atoms with Crippen molar-refractivity contribution in [2.24, 2.45) is 0 Å². The highest BCUT2D eigenvalue weighted by atomic mass is 35.5. The molecule has 0 aliphatic heterocycles. The van der Waals surface area contributed by atoms with Gasteiger partial charge in [0.25, 0.3) is 10.5 Å². The van der Waals surface area contributed by atoms with Crippen molar-refractivity contribution < 1.29 is 9.59 Å². The minimum Gasteiger partial charge on any atom is -0.371 e. The summed E-state index contributed by atoms with van der Waals surface area (Å²) in [6.45, 7) is 5.77. The first-order valence-corrected chi connectivity index (χ1v) is 6.91. The third kappa shape index (κ3) is 4.48. The zero-order chi connectivity index (χ0) is 14.4. The van der Waals surface area contributed by atoms with Gasteiger partial charge in [0.15, 0.2) is 0 Å². The Morgan fingerprint density at radius 2 is 1.47 bits per heavy atom. The zero-order valence-corrected chi connectivity index (χ0v) is 12.5. The molecule has 104 valence electrons. The first-order chi connectivity index (χ1) is 8.99. The number of hydrogen-bond donors (Lipinski definition) is 0. The Bertz CT molecular complexity index is 439. The van der Waals surface area contributed by atoms with Crippen LogP contribution in [0.4, 0.5) is 5.69 Å².